The molecule has 0 amide bonds. The summed E-state index contributed by atoms with van der Waals surface area (Å²) in [4.78, 5) is 11.9. The zero-order valence-corrected chi connectivity index (χ0v) is 12.2. The highest BCUT2D eigenvalue weighted by molar-refractivity contribution is 9.10. The lowest BCUT2D eigenvalue weighted by molar-refractivity contribution is 1.01. The van der Waals surface area contributed by atoms with E-state index in [-0.39, 0.29) is 0 Å². The number of benzene rings is 1. The van der Waals surface area contributed by atoms with Crippen molar-refractivity contribution in [2.75, 3.05) is 5.32 Å². The van der Waals surface area contributed by atoms with Crippen LogP contribution in [-0.4, -0.2) is 15.0 Å². The van der Waals surface area contributed by atoms with Crippen LogP contribution in [0.3, 0.4) is 0 Å². The molecule has 0 fully saturated rings. The van der Waals surface area contributed by atoms with Gasteiger partial charge in [0.15, 0.2) is 5.65 Å². The number of pyridine rings is 1. The Balaban J connectivity index is 1.76. The highest BCUT2D eigenvalue weighted by atomic mass is 79.9. The van der Waals surface area contributed by atoms with Crippen LogP contribution in [0.1, 0.15) is 5.82 Å². The topological polar surface area (TPSA) is 53.6 Å². The summed E-state index contributed by atoms with van der Waals surface area (Å²) >= 11 is 9.22. The molecular formula is C13H10BrClN4. The molecule has 0 saturated carbocycles. The lowest BCUT2D eigenvalue weighted by atomic mass is 10.3. The van der Waals surface area contributed by atoms with Crippen molar-refractivity contribution < 1.29 is 0 Å². The molecule has 0 spiro atoms. The first-order valence-electron chi connectivity index (χ1n) is 5.70. The van der Waals surface area contributed by atoms with Gasteiger partial charge in [-0.2, -0.15) is 0 Å². The molecule has 0 aliphatic heterocycles. The molecule has 3 aromatic rings. The number of anilines is 1. The molecule has 0 aliphatic carbocycles. The summed E-state index contributed by atoms with van der Waals surface area (Å²) in [6.45, 7) is 0.607. The minimum atomic E-state index is 0.607. The third-order valence-corrected chi connectivity index (χ3v) is 3.34. The molecule has 0 aliphatic rings. The molecule has 0 radical (unpaired) electrons. The average molecular weight is 338 g/mol. The standard InChI is InChI=1S/C13H10BrClN4/c14-8-5-11-13(17-6-8)19-12(18-11)7-16-10-3-1-9(15)2-4-10/h1-6,16H,7H2,(H,17,18,19). The Morgan fingerprint density at radius 2 is 2.05 bits per heavy atom. The van der Waals surface area contributed by atoms with E-state index in [1.807, 2.05) is 30.3 Å². The Bertz CT molecular complexity index is 708. The third-order valence-electron chi connectivity index (χ3n) is 2.66. The molecule has 19 heavy (non-hydrogen) atoms. The fourth-order valence-electron chi connectivity index (χ4n) is 1.76. The molecule has 96 valence electrons. The second kappa shape index (κ2) is 5.19. The van der Waals surface area contributed by atoms with E-state index < -0.39 is 0 Å². The SMILES string of the molecule is Clc1ccc(NCc2nc3ncc(Br)cc3[nH]2)cc1. The fraction of sp³-hybridized carbons (Fsp3) is 0.0769. The van der Waals surface area contributed by atoms with E-state index >= 15 is 0 Å². The molecule has 3 rings (SSSR count). The molecule has 0 atom stereocenters. The van der Waals surface area contributed by atoms with E-state index in [4.69, 9.17) is 11.6 Å². The van der Waals surface area contributed by atoms with Crippen LogP contribution in [0.4, 0.5) is 5.69 Å². The van der Waals surface area contributed by atoms with Crippen LogP contribution in [0.5, 0.6) is 0 Å². The van der Waals surface area contributed by atoms with Crippen LogP contribution in [0.25, 0.3) is 11.2 Å². The molecule has 1 aromatic carbocycles. The first-order chi connectivity index (χ1) is 9.20. The van der Waals surface area contributed by atoms with E-state index in [2.05, 4.69) is 36.2 Å². The molecule has 2 heterocycles. The van der Waals surface area contributed by atoms with Crippen LogP contribution in [0.2, 0.25) is 5.02 Å². The molecule has 2 aromatic heterocycles. The maximum Gasteiger partial charge on any atom is 0.177 e. The van der Waals surface area contributed by atoms with E-state index in [0.29, 0.717) is 6.54 Å². The molecule has 2 N–H and O–H groups in total. The maximum absolute atomic E-state index is 5.84. The summed E-state index contributed by atoms with van der Waals surface area (Å²) in [5, 5.41) is 4.00. The van der Waals surface area contributed by atoms with Crippen molar-refractivity contribution in [3.63, 3.8) is 0 Å². The van der Waals surface area contributed by atoms with Crippen molar-refractivity contribution in [3.8, 4) is 0 Å². The van der Waals surface area contributed by atoms with E-state index in [1.165, 1.54) is 0 Å². The van der Waals surface area contributed by atoms with Gasteiger partial charge < -0.3 is 10.3 Å². The monoisotopic (exact) mass is 336 g/mol. The predicted molar refractivity (Wildman–Crippen MR) is 80.4 cm³/mol. The van der Waals surface area contributed by atoms with E-state index in [9.17, 15) is 0 Å². The van der Waals surface area contributed by atoms with Crippen LogP contribution >= 0.6 is 27.5 Å². The van der Waals surface area contributed by atoms with Gasteiger partial charge in [0.05, 0.1) is 12.1 Å². The van der Waals surface area contributed by atoms with Crippen LogP contribution < -0.4 is 5.32 Å². The van der Waals surface area contributed by atoms with Gasteiger partial charge in [-0.25, -0.2) is 9.97 Å². The van der Waals surface area contributed by atoms with Crippen molar-refractivity contribution >= 4 is 44.4 Å². The Morgan fingerprint density at radius 3 is 2.84 bits per heavy atom. The summed E-state index contributed by atoms with van der Waals surface area (Å²) in [6, 6.07) is 9.52. The number of nitrogens with zero attached hydrogens (tertiary/aromatic N) is 2. The fourth-order valence-corrected chi connectivity index (χ4v) is 2.22. The van der Waals surface area contributed by atoms with Crippen LogP contribution in [-0.2, 0) is 6.54 Å². The highest BCUT2D eigenvalue weighted by Gasteiger charge is 2.04. The summed E-state index contributed by atoms with van der Waals surface area (Å²) in [7, 11) is 0. The lowest BCUT2D eigenvalue weighted by Gasteiger charge is -2.03. The van der Waals surface area contributed by atoms with Crippen LogP contribution in [0.15, 0.2) is 41.0 Å². The van der Waals surface area contributed by atoms with Gasteiger partial charge in [0, 0.05) is 21.4 Å². The summed E-state index contributed by atoms with van der Waals surface area (Å²) in [5.74, 6) is 0.843. The number of imidazole rings is 1. The Morgan fingerprint density at radius 1 is 1.26 bits per heavy atom. The largest absolute Gasteiger partial charge is 0.378 e. The first-order valence-corrected chi connectivity index (χ1v) is 6.87. The smallest absolute Gasteiger partial charge is 0.177 e. The van der Waals surface area contributed by atoms with Crippen molar-refractivity contribution in [2.24, 2.45) is 0 Å². The number of nitrogens with one attached hydrogen (secondary N) is 2. The maximum atomic E-state index is 5.84. The predicted octanol–water partition coefficient (Wildman–Crippen LogP) is 3.99. The molecule has 0 unspecified atom stereocenters. The number of aromatic nitrogens is 3. The number of rotatable bonds is 3. The van der Waals surface area contributed by atoms with Crippen molar-refractivity contribution in [1.82, 2.24) is 15.0 Å². The molecule has 6 heteroatoms. The second-order valence-corrected chi connectivity index (χ2v) is 5.42. The Hall–Kier alpha value is -1.59. The van der Waals surface area contributed by atoms with Gasteiger partial charge in [0.25, 0.3) is 0 Å². The normalized spacial score (nSPS) is 10.8. The summed E-state index contributed by atoms with van der Waals surface area (Å²) in [5.41, 5.74) is 2.64. The molecular weight excluding hydrogens is 328 g/mol. The Labute approximate surface area is 123 Å². The van der Waals surface area contributed by atoms with Crippen molar-refractivity contribution in [3.05, 3.63) is 51.8 Å². The van der Waals surface area contributed by atoms with Gasteiger partial charge in [-0.05, 0) is 46.3 Å². The number of H-pyrrole nitrogens is 1. The zero-order valence-electron chi connectivity index (χ0n) is 9.82. The van der Waals surface area contributed by atoms with Gasteiger partial charge in [-0.15, -0.1) is 0 Å². The summed E-state index contributed by atoms with van der Waals surface area (Å²) in [6.07, 6.45) is 1.74. The second-order valence-electron chi connectivity index (χ2n) is 4.07. The van der Waals surface area contributed by atoms with E-state index in [0.717, 1.165) is 32.2 Å². The van der Waals surface area contributed by atoms with Gasteiger partial charge in [0.2, 0.25) is 0 Å². The molecule has 4 nitrogen and oxygen atoms in total. The highest BCUT2D eigenvalue weighted by Crippen LogP contribution is 2.17. The van der Waals surface area contributed by atoms with Gasteiger partial charge in [-0.1, -0.05) is 11.6 Å². The zero-order chi connectivity index (χ0) is 13.2. The minimum absolute atomic E-state index is 0.607. The lowest BCUT2D eigenvalue weighted by Crippen LogP contribution is -2.00. The van der Waals surface area contributed by atoms with Crippen molar-refractivity contribution in [1.29, 1.82) is 0 Å². The van der Waals surface area contributed by atoms with Crippen molar-refractivity contribution in [2.45, 2.75) is 6.54 Å². The van der Waals surface area contributed by atoms with Gasteiger partial charge >= 0.3 is 0 Å². The summed E-state index contributed by atoms with van der Waals surface area (Å²) < 4.78 is 0.931. The first kappa shape index (κ1) is 12.4. The minimum Gasteiger partial charge on any atom is -0.378 e. The average Bonchev–Trinajstić information content (AvgIpc) is 2.80. The van der Waals surface area contributed by atoms with Gasteiger partial charge in [-0.3, -0.25) is 0 Å². The Kier molecular flexibility index (Phi) is 3.40. The molecule has 0 saturated heterocycles. The van der Waals surface area contributed by atoms with Gasteiger partial charge in [0.1, 0.15) is 5.82 Å². The quantitative estimate of drug-likeness (QED) is 0.760. The number of fused-ring (bicyclic) bond motifs is 1. The molecule has 0 bridgehead atoms. The third kappa shape index (κ3) is 2.88. The van der Waals surface area contributed by atoms with Crippen LogP contribution in [0, 0.1) is 0 Å². The van der Waals surface area contributed by atoms with E-state index in [1.54, 1.807) is 6.20 Å². The number of hydrogen-bond donors (Lipinski definition) is 2. The number of halogens is 2. The number of hydrogen-bond acceptors (Lipinski definition) is 3. The number of aromatic amines is 1.